The van der Waals surface area contributed by atoms with Crippen molar-refractivity contribution in [1.82, 2.24) is 4.72 Å². The van der Waals surface area contributed by atoms with Gasteiger partial charge in [-0.05, 0) is 37.1 Å². The highest BCUT2D eigenvalue weighted by atomic mass is 32.2. The third kappa shape index (κ3) is 5.96. The number of carbonyl (C=O) groups excluding carboxylic acids is 1. The first-order valence-electron chi connectivity index (χ1n) is 11.0. The highest BCUT2D eigenvalue weighted by Gasteiger charge is 2.20. The molecule has 1 heterocycles. The van der Waals surface area contributed by atoms with Gasteiger partial charge in [0.05, 0.1) is 23.8 Å². The van der Waals surface area contributed by atoms with Crippen LogP contribution in [-0.2, 0) is 14.8 Å². The molecule has 32 heavy (non-hydrogen) atoms. The lowest BCUT2D eigenvalue weighted by Gasteiger charge is -2.14. The number of hydrogen-bond acceptors (Lipinski definition) is 6. The third-order valence-electron chi connectivity index (χ3n) is 5.43. The SMILES string of the molecule is O=C(CCNS(=O)(=O)c1ccc2c(c1)OCCCO2)Nc1ccccc1SC1CCCC1. The second-order valence-electron chi connectivity index (χ2n) is 7.88. The lowest BCUT2D eigenvalue weighted by atomic mass is 10.3. The van der Waals surface area contributed by atoms with Crippen LogP contribution in [0.25, 0.3) is 0 Å². The molecule has 0 unspecified atom stereocenters. The molecule has 2 aromatic carbocycles. The molecule has 2 aromatic rings. The number of para-hydroxylation sites is 1. The Hall–Kier alpha value is -2.23. The molecule has 7 nitrogen and oxygen atoms in total. The average Bonchev–Trinajstić information content (AvgIpc) is 3.17. The molecular formula is C23H28N2O5S2. The van der Waals surface area contributed by atoms with Gasteiger partial charge in [-0.25, -0.2) is 13.1 Å². The average molecular weight is 477 g/mol. The highest BCUT2D eigenvalue weighted by molar-refractivity contribution is 8.00. The van der Waals surface area contributed by atoms with Crippen molar-refractivity contribution in [2.75, 3.05) is 25.1 Å². The lowest BCUT2D eigenvalue weighted by Crippen LogP contribution is -2.28. The Morgan fingerprint density at radius 2 is 1.75 bits per heavy atom. The monoisotopic (exact) mass is 476 g/mol. The van der Waals surface area contributed by atoms with Crippen molar-refractivity contribution in [1.29, 1.82) is 0 Å². The van der Waals surface area contributed by atoms with E-state index < -0.39 is 10.0 Å². The number of sulfonamides is 1. The molecule has 1 aliphatic carbocycles. The molecule has 2 N–H and O–H groups in total. The molecule has 0 aromatic heterocycles. The van der Waals surface area contributed by atoms with Crippen LogP contribution in [0.2, 0.25) is 0 Å². The Labute approximate surface area is 193 Å². The smallest absolute Gasteiger partial charge is 0.240 e. The fourth-order valence-electron chi connectivity index (χ4n) is 3.76. The van der Waals surface area contributed by atoms with Crippen molar-refractivity contribution in [3.8, 4) is 11.5 Å². The van der Waals surface area contributed by atoms with Gasteiger partial charge in [-0.1, -0.05) is 25.0 Å². The molecule has 1 aliphatic heterocycles. The van der Waals surface area contributed by atoms with Crippen LogP contribution in [0, 0.1) is 0 Å². The summed E-state index contributed by atoms with van der Waals surface area (Å²) in [5, 5.41) is 3.52. The Kier molecular flexibility index (Phi) is 7.59. The minimum atomic E-state index is -3.77. The molecule has 2 aliphatic rings. The number of benzene rings is 2. The fraction of sp³-hybridized carbons (Fsp3) is 0.435. The van der Waals surface area contributed by atoms with Crippen molar-refractivity contribution in [3.63, 3.8) is 0 Å². The van der Waals surface area contributed by atoms with Gasteiger partial charge in [-0.3, -0.25) is 4.79 Å². The summed E-state index contributed by atoms with van der Waals surface area (Å²) < 4.78 is 38.9. The van der Waals surface area contributed by atoms with E-state index >= 15 is 0 Å². The summed E-state index contributed by atoms with van der Waals surface area (Å²) in [7, 11) is -3.77. The summed E-state index contributed by atoms with van der Waals surface area (Å²) in [6.07, 6.45) is 5.70. The van der Waals surface area contributed by atoms with Crippen LogP contribution in [-0.4, -0.2) is 39.3 Å². The van der Waals surface area contributed by atoms with Crippen molar-refractivity contribution in [2.45, 2.75) is 53.6 Å². The molecule has 1 fully saturated rings. The molecule has 4 rings (SSSR count). The third-order valence-corrected chi connectivity index (χ3v) is 8.30. The molecule has 172 valence electrons. The number of anilines is 1. The van der Waals surface area contributed by atoms with E-state index in [1.54, 1.807) is 6.07 Å². The first kappa shape index (κ1) is 22.9. The lowest BCUT2D eigenvalue weighted by molar-refractivity contribution is -0.116. The minimum Gasteiger partial charge on any atom is -0.490 e. The van der Waals surface area contributed by atoms with Crippen LogP contribution >= 0.6 is 11.8 Å². The van der Waals surface area contributed by atoms with E-state index in [1.807, 2.05) is 36.0 Å². The predicted octanol–water partition coefficient (Wildman–Crippen LogP) is 4.19. The topological polar surface area (TPSA) is 93.7 Å². The molecule has 0 bridgehead atoms. The fourth-order valence-corrected chi connectivity index (χ4v) is 6.14. The van der Waals surface area contributed by atoms with E-state index in [1.165, 1.54) is 37.8 Å². The van der Waals surface area contributed by atoms with E-state index in [4.69, 9.17) is 9.47 Å². The Morgan fingerprint density at radius 1 is 1.00 bits per heavy atom. The number of rotatable bonds is 8. The summed E-state index contributed by atoms with van der Waals surface area (Å²) in [6, 6.07) is 12.3. The zero-order chi connectivity index (χ0) is 22.4. The standard InChI is InChI=1S/C23H28N2O5S2/c26-23(25-19-8-3-4-9-22(19)31-17-6-1-2-7-17)12-13-24-32(27,28)18-10-11-20-21(16-18)30-15-5-14-29-20/h3-4,8-11,16-17,24H,1-2,5-7,12-15H2,(H,25,26). The summed E-state index contributed by atoms with van der Waals surface area (Å²) in [6.45, 7) is 1.01. The number of thioether (sulfide) groups is 1. The number of fused-ring (bicyclic) bond motifs is 1. The van der Waals surface area contributed by atoms with Gasteiger partial charge < -0.3 is 14.8 Å². The molecular weight excluding hydrogens is 448 g/mol. The van der Waals surface area contributed by atoms with Crippen LogP contribution in [0.15, 0.2) is 52.3 Å². The number of nitrogens with one attached hydrogen (secondary N) is 2. The summed E-state index contributed by atoms with van der Waals surface area (Å²) in [5.41, 5.74) is 0.778. The maximum Gasteiger partial charge on any atom is 0.240 e. The van der Waals surface area contributed by atoms with Crippen molar-refractivity contribution >= 4 is 33.4 Å². The van der Waals surface area contributed by atoms with E-state index in [-0.39, 0.29) is 23.8 Å². The predicted molar refractivity (Wildman–Crippen MR) is 125 cm³/mol. The van der Waals surface area contributed by atoms with E-state index in [9.17, 15) is 13.2 Å². The molecule has 0 radical (unpaired) electrons. The second kappa shape index (κ2) is 10.6. The van der Waals surface area contributed by atoms with E-state index in [0.29, 0.717) is 30.0 Å². The van der Waals surface area contributed by atoms with Gasteiger partial charge in [0.25, 0.3) is 0 Å². The van der Waals surface area contributed by atoms with Gasteiger partial charge in [0.1, 0.15) is 0 Å². The Bertz CT molecular complexity index is 1050. The number of hydrogen-bond donors (Lipinski definition) is 2. The number of ether oxygens (including phenoxy) is 2. The molecule has 0 spiro atoms. The van der Waals surface area contributed by atoms with Gasteiger partial charge in [0, 0.05) is 35.6 Å². The first-order valence-corrected chi connectivity index (χ1v) is 13.3. The number of carbonyl (C=O) groups is 1. The van der Waals surface area contributed by atoms with Gasteiger partial charge in [-0.15, -0.1) is 11.8 Å². The highest BCUT2D eigenvalue weighted by Crippen LogP contribution is 2.38. The molecule has 1 amide bonds. The van der Waals surface area contributed by atoms with Gasteiger partial charge in [0.2, 0.25) is 15.9 Å². The van der Waals surface area contributed by atoms with E-state index in [0.717, 1.165) is 17.0 Å². The zero-order valence-electron chi connectivity index (χ0n) is 17.8. The Morgan fingerprint density at radius 3 is 2.56 bits per heavy atom. The largest absolute Gasteiger partial charge is 0.490 e. The van der Waals surface area contributed by atoms with Gasteiger partial charge in [0.15, 0.2) is 11.5 Å². The molecule has 1 saturated carbocycles. The molecule has 0 atom stereocenters. The van der Waals surface area contributed by atoms with Crippen LogP contribution in [0.4, 0.5) is 5.69 Å². The summed E-state index contributed by atoms with van der Waals surface area (Å²) in [5.74, 6) is 0.722. The van der Waals surface area contributed by atoms with Crippen LogP contribution in [0.5, 0.6) is 11.5 Å². The molecule has 0 saturated heterocycles. The summed E-state index contributed by atoms with van der Waals surface area (Å²) in [4.78, 5) is 13.6. The molecule has 9 heteroatoms. The van der Waals surface area contributed by atoms with Gasteiger partial charge >= 0.3 is 0 Å². The van der Waals surface area contributed by atoms with Crippen molar-refractivity contribution in [2.24, 2.45) is 0 Å². The Balaban J connectivity index is 1.31. The number of amides is 1. The maximum atomic E-state index is 12.6. The van der Waals surface area contributed by atoms with E-state index in [2.05, 4.69) is 10.0 Å². The first-order chi connectivity index (χ1) is 15.5. The maximum absolute atomic E-state index is 12.6. The van der Waals surface area contributed by atoms with Crippen LogP contribution in [0.3, 0.4) is 0 Å². The zero-order valence-corrected chi connectivity index (χ0v) is 19.5. The van der Waals surface area contributed by atoms with Gasteiger partial charge in [-0.2, -0.15) is 0 Å². The van der Waals surface area contributed by atoms with Crippen molar-refractivity contribution in [3.05, 3.63) is 42.5 Å². The van der Waals surface area contributed by atoms with Crippen LogP contribution in [0.1, 0.15) is 38.5 Å². The minimum absolute atomic E-state index is 0.000539. The summed E-state index contributed by atoms with van der Waals surface area (Å²) >= 11 is 1.81. The van der Waals surface area contributed by atoms with Crippen LogP contribution < -0.4 is 19.5 Å². The quantitative estimate of drug-likeness (QED) is 0.593. The normalized spacial score (nSPS) is 16.5. The second-order valence-corrected chi connectivity index (χ2v) is 11.0. The van der Waals surface area contributed by atoms with Crippen molar-refractivity contribution < 1.29 is 22.7 Å².